The molecule has 1 aromatic carbocycles. The molecule has 0 atom stereocenters. The maximum Gasteiger partial charge on any atom is 0.277 e. The van der Waals surface area contributed by atoms with Gasteiger partial charge in [0.25, 0.3) is 10.2 Å². The second kappa shape index (κ2) is 5.29. The summed E-state index contributed by atoms with van der Waals surface area (Å²) in [6, 6.07) is 7.11. The maximum atomic E-state index is 11.3. The van der Waals surface area contributed by atoms with Gasteiger partial charge in [-0.1, -0.05) is 19.1 Å². The summed E-state index contributed by atoms with van der Waals surface area (Å²) in [7, 11) is -3.65. The van der Waals surface area contributed by atoms with E-state index in [1.54, 1.807) is 18.2 Å². The van der Waals surface area contributed by atoms with Gasteiger partial charge in [-0.05, 0) is 24.1 Å². The van der Waals surface area contributed by atoms with Crippen LogP contribution in [-0.4, -0.2) is 19.3 Å². The van der Waals surface area contributed by atoms with E-state index in [0.717, 1.165) is 12.0 Å². The van der Waals surface area contributed by atoms with Crippen molar-refractivity contribution in [1.29, 1.82) is 0 Å². The molecule has 0 aliphatic heterocycles. The first-order chi connectivity index (χ1) is 7.43. The smallest absolute Gasteiger partial charge is 0.277 e. The first kappa shape index (κ1) is 13.0. The third-order valence-electron chi connectivity index (χ3n) is 2.14. The van der Waals surface area contributed by atoms with Crippen LogP contribution in [0.3, 0.4) is 0 Å². The Hall–Kier alpha value is -1.11. The minimum absolute atomic E-state index is 0.262. The van der Waals surface area contributed by atoms with E-state index in [0.29, 0.717) is 12.2 Å². The highest BCUT2D eigenvalue weighted by atomic mass is 32.2. The third kappa shape index (κ3) is 3.80. The SMILES string of the molecule is CCCN(Cc1cccc(N)c1)S(N)(=O)=O. The van der Waals surface area contributed by atoms with Gasteiger partial charge in [0.1, 0.15) is 0 Å². The molecule has 1 aromatic rings. The summed E-state index contributed by atoms with van der Waals surface area (Å²) in [6.45, 7) is 2.57. The van der Waals surface area contributed by atoms with Crippen molar-refractivity contribution >= 4 is 15.9 Å². The highest BCUT2D eigenvalue weighted by Gasteiger charge is 2.16. The van der Waals surface area contributed by atoms with Crippen molar-refractivity contribution in [3.63, 3.8) is 0 Å². The van der Waals surface area contributed by atoms with Crippen LogP contribution in [-0.2, 0) is 16.8 Å². The zero-order valence-electron chi connectivity index (χ0n) is 9.26. The Morgan fingerprint density at radius 1 is 1.38 bits per heavy atom. The standard InChI is InChI=1S/C10H17N3O2S/c1-2-6-13(16(12,14)15)8-9-4-3-5-10(11)7-9/h3-5,7H,2,6,8,11H2,1H3,(H2,12,14,15). The number of nitrogens with two attached hydrogens (primary N) is 2. The fourth-order valence-corrected chi connectivity index (χ4v) is 2.21. The first-order valence-electron chi connectivity index (χ1n) is 5.05. The molecular formula is C10H17N3O2S. The quantitative estimate of drug-likeness (QED) is 0.745. The number of hydrogen-bond donors (Lipinski definition) is 2. The molecule has 0 saturated carbocycles. The lowest BCUT2D eigenvalue weighted by Gasteiger charge is -2.18. The van der Waals surface area contributed by atoms with E-state index in [9.17, 15) is 8.42 Å². The van der Waals surface area contributed by atoms with Gasteiger partial charge in [-0.25, -0.2) is 5.14 Å². The van der Waals surface area contributed by atoms with Crippen molar-refractivity contribution in [2.24, 2.45) is 5.14 Å². The van der Waals surface area contributed by atoms with Crippen molar-refractivity contribution < 1.29 is 8.42 Å². The molecular weight excluding hydrogens is 226 g/mol. The normalized spacial score (nSPS) is 11.9. The van der Waals surface area contributed by atoms with E-state index >= 15 is 0 Å². The second-order valence-electron chi connectivity index (χ2n) is 3.62. The second-order valence-corrected chi connectivity index (χ2v) is 5.17. The largest absolute Gasteiger partial charge is 0.399 e. The Morgan fingerprint density at radius 2 is 2.06 bits per heavy atom. The number of hydrogen-bond acceptors (Lipinski definition) is 3. The minimum atomic E-state index is -3.65. The Balaban J connectivity index is 2.84. The van der Waals surface area contributed by atoms with E-state index in [1.165, 1.54) is 4.31 Å². The number of nitrogen functional groups attached to an aromatic ring is 1. The lowest BCUT2D eigenvalue weighted by Crippen LogP contribution is -2.36. The van der Waals surface area contributed by atoms with Gasteiger partial charge in [0, 0.05) is 18.8 Å². The molecule has 0 heterocycles. The summed E-state index contributed by atoms with van der Waals surface area (Å²) in [4.78, 5) is 0. The van der Waals surface area contributed by atoms with Crippen LogP contribution in [0.1, 0.15) is 18.9 Å². The van der Waals surface area contributed by atoms with Gasteiger partial charge in [0.15, 0.2) is 0 Å². The summed E-state index contributed by atoms with van der Waals surface area (Å²) in [5.41, 5.74) is 7.07. The molecule has 0 aliphatic rings. The van der Waals surface area contributed by atoms with Crippen LogP contribution in [0.25, 0.3) is 0 Å². The van der Waals surface area contributed by atoms with Crippen molar-refractivity contribution in [3.05, 3.63) is 29.8 Å². The van der Waals surface area contributed by atoms with Crippen molar-refractivity contribution in [1.82, 2.24) is 4.31 Å². The van der Waals surface area contributed by atoms with E-state index in [4.69, 9.17) is 10.9 Å². The molecule has 0 radical (unpaired) electrons. The zero-order chi connectivity index (χ0) is 12.2. The Labute approximate surface area is 96.2 Å². The summed E-state index contributed by atoms with van der Waals surface area (Å²) in [6.07, 6.45) is 0.721. The topological polar surface area (TPSA) is 89.4 Å². The molecule has 0 aliphatic carbocycles. The predicted molar refractivity (Wildman–Crippen MR) is 64.7 cm³/mol. The van der Waals surface area contributed by atoms with E-state index in [-0.39, 0.29) is 6.54 Å². The monoisotopic (exact) mass is 243 g/mol. The van der Waals surface area contributed by atoms with Crippen LogP contribution in [0.2, 0.25) is 0 Å². The lowest BCUT2D eigenvalue weighted by molar-refractivity contribution is 0.406. The molecule has 0 amide bonds. The molecule has 5 nitrogen and oxygen atoms in total. The number of rotatable bonds is 5. The lowest BCUT2D eigenvalue weighted by atomic mass is 10.2. The fourth-order valence-electron chi connectivity index (χ4n) is 1.44. The minimum Gasteiger partial charge on any atom is -0.399 e. The molecule has 16 heavy (non-hydrogen) atoms. The predicted octanol–water partition coefficient (Wildman–Crippen LogP) is 0.684. The van der Waals surface area contributed by atoms with Crippen molar-refractivity contribution in [3.8, 4) is 0 Å². The van der Waals surface area contributed by atoms with Gasteiger partial charge < -0.3 is 5.73 Å². The molecule has 0 bridgehead atoms. The Morgan fingerprint density at radius 3 is 2.56 bits per heavy atom. The maximum absolute atomic E-state index is 11.3. The zero-order valence-corrected chi connectivity index (χ0v) is 10.1. The number of benzene rings is 1. The average molecular weight is 243 g/mol. The van der Waals surface area contributed by atoms with E-state index in [1.807, 2.05) is 13.0 Å². The van der Waals surface area contributed by atoms with Crippen LogP contribution in [0, 0.1) is 0 Å². The number of nitrogens with zero attached hydrogens (tertiary/aromatic N) is 1. The highest BCUT2D eigenvalue weighted by Crippen LogP contribution is 2.11. The van der Waals surface area contributed by atoms with Crippen LogP contribution in [0.15, 0.2) is 24.3 Å². The molecule has 0 spiro atoms. The molecule has 1 rings (SSSR count). The summed E-state index contributed by atoms with van der Waals surface area (Å²) in [5.74, 6) is 0. The fraction of sp³-hybridized carbons (Fsp3) is 0.400. The average Bonchev–Trinajstić information content (AvgIpc) is 2.16. The van der Waals surface area contributed by atoms with Crippen molar-refractivity contribution in [2.45, 2.75) is 19.9 Å². The molecule has 4 N–H and O–H groups in total. The summed E-state index contributed by atoms with van der Waals surface area (Å²) < 4.78 is 23.8. The third-order valence-corrected chi connectivity index (χ3v) is 3.17. The number of anilines is 1. The van der Waals surface area contributed by atoms with Gasteiger partial charge in [0.2, 0.25) is 0 Å². The van der Waals surface area contributed by atoms with Gasteiger partial charge in [-0.2, -0.15) is 12.7 Å². The Bertz CT molecular complexity index is 445. The molecule has 0 saturated heterocycles. The van der Waals surface area contributed by atoms with Gasteiger partial charge in [-0.3, -0.25) is 0 Å². The van der Waals surface area contributed by atoms with Crippen LogP contribution in [0.5, 0.6) is 0 Å². The molecule has 90 valence electrons. The van der Waals surface area contributed by atoms with Crippen LogP contribution >= 0.6 is 0 Å². The first-order valence-corrected chi connectivity index (χ1v) is 6.56. The summed E-state index contributed by atoms with van der Waals surface area (Å²) >= 11 is 0. The molecule has 6 heteroatoms. The van der Waals surface area contributed by atoms with Crippen LogP contribution < -0.4 is 10.9 Å². The van der Waals surface area contributed by atoms with Crippen LogP contribution in [0.4, 0.5) is 5.69 Å². The highest BCUT2D eigenvalue weighted by molar-refractivity contribution is 7.86. The Kier molecular flexibility index (Phi) is 4.28. The van der Waals surface area contributed by atoms with E-state index in [2.05, 4.69) is 0 Å². The molecule has 0 unspecified atom stereocenters. The van der Waals surface area contributed by atoms with E-state index < -0.39 is 10.2 Å². The van der Waals surface area contributed by atoms with Gasteiger partial charge in [-0.15, -0.1) is 0 Å². The van der Waals surface area contributed by atoms with Gasteiger partial charge >= 0.3 is 0 Å². The van der Waals surface area contributed by atoms with Gasteiger partial charge in [0.05, 0.1) is 0 Å². The molecule has 0 aromatic heterocycles. The molecule has 0 fully saturated rings. The van der Waals surface area contributed by atoms with Crippen molar-refractivity contribution in [2.75, 3.05) is 12.3 Å². The summed E-state index contributed by atoms with van der Waals surface area (Å²) in [5, 5.41) is 5.12.